The van der Waals surface area contributed by atoms with Crippen molar-refractivity contribution in [2.45, 2.75) is 59.2 Å². The highest BCUT2D eigenvalue weighted by atomic mass is 16.7. The Bertz CT molecular complexity index is 460. The van der Waals surface area contributed by atoms with Gasteiger partial charge in [0.05, 0.1) is 6.61 Å². The molecule has 4 heteroatoms. The highest BCUT2D eigenvalue weighted by Crippen LogP contribution is 2.32. The zero-order valence-corrected chi connectivity index (χ0v) is 13.5. The van der Waals surface area contributed by atoms with Gasteiger partial charge < -0.3 is 15.2 Å². The predicted molar refractivity (Wildman–Crippen MR) is 86.2 cm³/mol. The molecule has 21 heavy (non-hydrogen) atoms. The van der Waals surface area contributed by atoms with Crippen molar-refractivity contribution in [2.75, 3.05) is 19.1 Å². The van der Waals surface area contributed by atoms with Crippen LogP contribution >= 0.6 is 0 Å². The van der Waals surface area contributed by atoms with Crippen LogP contribution in [0.4, 0.5) is 5.69 Å². The van der Waals surface area contributed by atoms with Gasteiger partial charge in [-0.1, -0.05) is 19.8 Å². The van der Waals surface area contributed by atoms with E-state index in [2.05, 4.69) is 25.7 Å². The number of hydrogen-bond acceptors (Lipinski definition) is 4. The number of hydrogen-bond donors (Lipinski definition) is 1. The van der Waals surface area contributed by atoms with Crippen LogP contribution in [0.1, 0.15) is 51.2 Å². The van der Waals surface area contributed by atoms with Crippen LogP contribution in [0.2, 0.25) is 0 Å². The van der Waals surface area contributed by atoms with E-state index in [4.69, 9.17) is 15.2 Å². The molecule has 0 radical (unpaired) electrons. The lowest BCUT2D eigenvalue weighted by Gasteiger charge is -2.29. The number of nitrogens with two attached hydrogens (primary N) is 1. The molecule has 1 heterocycles. The second-order valence-corrected chi connectivity index (χ2v) is 6.05. The fourth-order valence-corrected chi connectivity index (χ4v) is 2.75. The van der Waals surface area contributed by atoms with Gasteiger partial charge >= 0.3 is 0 Å². The third-order valence-corrected chi connectivity index (χ3v) is 3.96. The third-order valence-electron chi connectivity index (χ3n) is 3.96. The molecule has 0 fully saturated rings. The summed E-state index contributed by atoms with van der Waals surface area (Å²) >= 11 is 0. The molecule has 0 saturated carbocycles. The molecule has 0 amide bonds. The Balaban J connectivity index is 2.14. The van der Waals surface area contributed by atoms with Gasteiger partial charge in [-0.15, -0.1) is 0 Å². The normalized spacial score (nSPS) is 14.3. The molecule has 0 atom stereocenters. The number of unbranched alkanes of at least 4 members (excludes halogenated alkanes) is 2. The molecule has 0 bridgehead atoms. The Kier molecular flexibility index (Phi) is 5.88. The lowest BCUT2D eigenvalue weighted by Crippen LogP contribution is -2.32. The fourth-order valence-electron chi connectivity index (χ4n) is 2.75. The van der Waals surface area contributed by atoms with E-state index < -0.39 is 0 Å². The number of ether oxygens (including phenoxy) is 2. The van der Waals surface area contributed by atoms with Crippen LogP contribution in [0.5, 0.6) is 5.75 Å². The summed E-state index contributed by atoms with van der Waals surface area (Å²) < 4.78 is 11.1. The van der Waals surface area contributed by atoms with E-state index in [0.29, 0.717) is 19.4 Å². The van der Waals surface area contributed by atoms with Gasteiger partial charge in [0.15, 0.2) is 6.79 Å². The highest BCUT2D eigenvalue weighted by molar-refractivity contribution is 5.53. The van der Waals surface area contributed by atoms with Crippen LogP contribution in [-0.2, 0) is 17.9 Å². The molecule has 0 spiro atoms. The van der Waals surface area contributed by atoms with E-state index in [1.807, 2.05) is 12.1 Å². The van der Waals surface area contributed by atoms with Crippen LogP contribution in [0, 0.1) is 0 Å². The lowest BCUT2D eigenvalue weighted by atomic mass is 10.1. The van der Waals surface area contributed by atoms with Crippen molar-refractivity contribution in [2.24, 2.45) is 0 Å². The van der Waals surface area contributed by atoms with Crippen molar-refractivity contribution in [3.05, 3.63) is 23.3 Å². The number of nitrogen functional groups attached to an aromatic ring is 1. The van der Waals surface area contributed by atoms with E-state index in [-0.39, 0.29) is 0 Å². The Morgan fingerprint density at radius 2 is 2.10 bits per heavy atom. The van der Waals surface area contributed by atoms with Gasteiger partial charge in [0, 0.05) is 29.4 Å². The van der Waals surface area contributed by atoms with E-state index in [1.165, 1.54) is 24.8 Å². The first kappa shape index (κ1) is 16.1. The molecule has 2 N–H and O–H groups in total. The van der Waals surface area contributed by atoms with Crippen LogP contribution in [0.25, 0.3) is 0 Å². The maximum atomic E-state index is 6.03. The van der Waals surface area contributed by atoms with Gasteiger partial charge in [-0.2, -0.15) is 0 Å². The average Bonchev–Trinajstić information content (AvgIpc) is 2.46. The molecule has 0 aliphatic carbocycles. The summed E-state index contributed by atoms with van der Waals surface area (Å²) in [5.41, 5.74) is 9.06. The molecular weight excluding hydrogens is 264 g/mol. The Morgan fingerprint density at radius 1 is 1.29 bits per heavy atom. The standard InChI is InChI=1S/C17H28N2O2/c1-4-5-6-7-19(13(2)3)10-14-8-16(18)9-15-11-20-12-21-17(14)15/h8-9,13H,4-7,10-12,18H2,1-3H3. The van der Waals surface area contributed by atoms with Crippen molar-refractivity contribution in [3.8, 4) is 5.75 Å². The van der Waals surface area contributed by atoms with Gasteiger partial charge in [0.2, 0.25) is 0 Å². The van der Waals surface area contributed by atoms with E-state index >= 15 is 0 Å². The zero-order valence-electron chi connectivity index (χ0n) is 13.5. The summed E-state index contributed by atoms with van der Waals surface area (Å²) in [4.78, 5) is 2.49. The first-order valence-corrected chi connectivity index (χ1v) is 7.97. The fraction of sp³-hybridized carbons (Fsp3) is 0.647. The zero-order chi connectivity index (χ0) is 15.2. The first-order chi connectivity index (χ1) is 10.1. The quantitative estimate of drug-likeness (QED) is 0.617. The van der Waals surface area contributed by atoms with Gasteiger partial charge in [0.1, 0.15) is 5.75 Å². The van der Waals surface area contributed by atoms with E-state index in [1.54, 1.807) is 0 Å². The number of anilines is 1. The predicted octanol–water partition coefficient (Wildman–Crippen LogP) is 3.54. The van der Waals surface area contributed by atoms with Gasteiger partial charge in [0.25, 0.3) is 0 Å². The van der Waals surface area contributed by atoms with E-state index in [9.17, 15) is 0 Å². The number of fused-ring (bicyclic) bond motifs is 1. The molecule has 4 nitrogen and oxygen atoms in total. The minimum atomic E-state index is 0.335. The van der Waals surface area contributed by atoms with Crippen LogP contribution in [0.3, 0.4) is 0 Å². The summed E-state index contributed by atoms with van der Waals surface area (Å²) in [6.07, 6.45) is 3.77. The average molecular weight is 292 g/mol. The molecular formula is C17H28N2O2. The van der Waals surface area contributed by atoms with Crippen LogP contribution in [-0.4, -0.2) is 24.3 Å². The van der Waals surface area contributed by atoms with Crippen molar-refractivity contribution in [3.63, 3.8) is 0 Å². The van der Waals surface area contributed by atoms with Crippen LogP contribution in [0.15, 0.2) is 12.1 Å². The first-order valence-electron chi connectivity index (χ1n) is 7.97. The summed E-state index contributed by atoms with van der Waals surface area (Å²) in [6, 6.07) is 4.51. The second-order valence-electron chi connectivity index (χ2n) is 6.05. The summed E-state index contributed by atoms with van der Waals surface area (Å²) in [5, 5.41) is 0. The van der Waals surface area contributed by atoms with Gasteiger partial charge in [-0.05, 0) is 38.9 Å². The molecule has 2 rings (SSSR count). The van der Waals surface area contributed by atoms with Crippen LogP contribution < -0.4 is 10.5 Å². The SMILES string of the molecule is CCCCCN(Cc1cc(N)cc2c1OCOC2)C(C)C. The smallest absolute Gasteiger partial charge is 0.189 e. The molecule has 1 aromatic rings. The number of rotatable bonds is 7. The molecule has 118 valence electrons. The molecule has 1 aliphatic heterocycles. The molecule has 1 aliphatic rings. The summed E-state index contributed by atoms with van der Waals surface area (Å²) in [7, 11) is 0. The largest absolute Gasteiger partial charge is 0.467 e. The number of benzene rings is 1. The minimum absolute atomic E-state index is 0.335. The maximum Gasteiger partial charge on any atom is 0.189 e. The Morgan fingerprint density at radius 3 is 2.81 bits per heavy atom. The maximum absolute atomic E-state index is 6.03. The van der Waals surface area contributed by atoms with Gasteiger partial charge in [-0.3, -0.25) is 4.90 Å². The highest BCUT2D eigenvalue weighted by Gasteiger charge is 2.19. The minimum Gasteiger partial charge on any atom is -0.467 e. The second kappa shape index (κ2) is 7.66. The van der Waals surface area contributed by atoms with Crippen molar-refractivity contribution < 1.29 is 9.47 Å². The topological polar surface area (TPSA) is 47.7 Å². The van der Waals surface area contributed by atoms with Crippen molar-refractivity contribution in [1.82, 2.24) is 4.90 Å². The van der Waals surface area contributed by atoms with E-state index in [0.717, 1.165) is 30.1 Å². The molecule has 1 aromatic carbocycles. The monoisotopic (exact) mass is 292 g/mol. The third kappa shape index (κ3) is 4.35. The summed E-state index contributed by atoms with van der Waals surface area (Å²) in [5.74, 6) is 0.969. The lowest BCUT2D eigenvalue weighted by molar-refractivity contribution is -0.0175. The van der Waals surface area contributed by atoms with Gasteiger partial charge in [-0.25, -0.2) is 0 Å². The Hall–Kier alpha value is -1.26. The van der Waals surface area contributed by atoms with Crippen molar-refractivity contribution >= 4 is 5.69 Å². The molecule has 0 unspecified atom stereocenters. The Labute approximate surface area is 128 Å². The molecule has 0 saturated heterocycles. The number of nitrogens with zero attached hydrogens (tertiary/aromatic N) is 1. The molecule has 0 aromatic heterocycles. The summed E-state index contributed by atoms with van der Waals surface area (Å²) in [6.45, 7) is 9.65. The van der Waals surface area contributed by atoms with Crippen molar-refractivity contribution in [1.29, 1.82) is 0 Å².